The van der Waals surface area contributed by atoms with Crippen molar-refractivity contribution < 1.29 is 14.3 Å². The van der Waals surface area contributed by atoms with Gasteiger partial charge in [0.1, 0.15) is 5.00 Å². The molecule has 1 aromatic carbocycles. The number of hydrogen-bond donors (Lipinski definition) is 1. The SMILES string of the molecule is COC(=O)c1c(NC(=O)CSc2ccc(C)cc2)sc2c1CCCC2. The fraction of sp³-hybridized carbons (Fsp3) is 0.368. The van der Waals surface area contributed by atoms with Crippen molar-refractivity contribution in [2.75, 3.05) is 18.2 Å². The fourth-order valence-corrected chi connectivity index (χ4v) is 4.91. The molecule has 0 saturated heterocycles. The van der Waals surface area contributed by atoms with Gasteiger partial charge in [0, 0.05) is 9.77 Å². The number of methoxy groups -OCH3 is 1. The molecule has 1 aliphatic carbocycles. The molecule has 1 aromatic heterocycles. The molecule has 0 aliphatic heterocycles. The minimum absolute atomic E-state index is 0.102. The second-order valence-corrected chi connectivity index (χ2v) is 8.21. The Morgan fingerprint density at radius 3 is 2.64 bits per heavy atom. The minimum Gasteiger partial charge on any atom is -0.465 e. The second-order valence-electron chi connectivity index (χ2n) is 6.06. The summed E-state index contributed by atoms with van der Waals surface area (Å²) in [6.07, 6.45) is 4.05. The summed E-state index contributed by atoms with van der Waals surface area (Å²) in [5.41, 5.74) is 2.81. The zero-order chi connectivity index (χ0) is 17.8. The van der Waals surface area contributed by atoms with Crippen LogP contribution in [-0.4, -0.2) is 24.7 Å². The molecule has 25 heavy (non-hydrogen) atoms. The highest BCUT2D eigenvalue weighted by molar-refractivity contribution is 8.00. The molecule has 3 rings (SSSR count). The van der Waals surface area contributed by atoms with Crippen LogP contribution >= 0.6 is 23.1 Å². The normalized spacial score (nSPS) is 13.2. The quantitative estimate of drug-likeness (QED) is 0.619. The molecule has 0 atom stereocenters. The van der Waals surface area contributed by atoms with Crippen LogP contribution in [0.1, 0.15) is 39.2 Å². The number of carbonyl (C=O) groups excluding carboxylic acids is 2. The number of carbonyl (C=O) groups is 2. The molecule has 2 aromatic rings. The first-order chi connectivity index (χ1) is 12.1. The van der Waals surface area contributed by atoms with Crippen molar-refractivity contribution in [2.24, 2.45) is 0 Å². The molecule has 0 fully saturated rings. The highest BCUT2D eigenvalue weighted by Crippen LogP contribution is 2.38. The molecule has 0 unspecified atom stereocenters. The number of aryl methyl sites for hydroxylation is 2. The van der Waals surface area contributed by atoms with Crippen LogP contribution < -0.4 is 5.32 Å². The maximum atomic E-state index is 12.4. The number of esters is 1. The van der Waals surface area contributed by atoms with E-state index in [1.165, 1.54) is 40.6 Å². The van der Waals surface area contributed by atoms with E-state index in [2.05, 4.69) is 5.32 Å². The Kier molecular flexibility index (Phi) is 5.81. The first kappa shape index (κ1) is 18.0. The highest BCUT2D eigenvalue weighted by Gasteiger charge is 2.26. The van der Waals surface area contributed by atoms with Crippen molar-refractivity contribution in [2.45, 2.75) is 37.5 Å². The molecule has 0 saturated carbocycles. The largest absolute Gasteiger partial charge is 0.465 e. The monoisotopic (exact) mass is 375 g/mol. The van der Waals surface area contributed by atoms with Gasteiger partial charge in [0.2, 0.25) is 5.91 Å². The van der Waals surface area contributed by atoms with Crippen LogP contribution in [0.15, 0.2) is 29.2 Å². The van der Waals surface area contributed by atoms with Gasteiger partial charge in [-0.1, -0.05) is 17.7 Å². The predicted octanol–water partition coefficient (Wildman–Crippen LogP) is 4.45. The molecular formula is C19H21NO3S2. The summed E-state index contributed by atoms with van der Waals surface area (Å²) in [4.78, 5) is 26.8. The standard InChI is InChI=1S/C19H21NO3S2/c1-12-7-9-13(10-8-12)24-11-16(21)20-18-17(19(22)23-2)14-5-3-4-6-15(14)25-18/h7-10H,3-6,11H2,1-2H3,(H,20,21). The summed E-state index contributed by atoms with van der Waals surface area (Å²) < 4.78 is 4.93. The molecule has 1 amide bonds. The van der Waals surface area contributed by atoms with Crippen LogP contribution in [0.2, 0.25) is 0 Å². The van der Waals surface area contributed by atoms with E-state index in [0.29, 0.717) is 16.3 Å². The molecule has 1 aliphatic rings. The van der Waals surface area contributed by atoms with Crippen molar-refractivity contribution in [1.82, 2.24) is 0 Å². The number of hydrogen-bond acceptors (Lipinski definition) is 5. The van der Waals surface area contributed by atoms with Crippen LogP contribution in [0.3, 0.4) is 0 Å². The maximum absolute atomic E-state index is 12.4. The topological polar surface area (TPSA) is 55.4 Å². The number of amides is 1. The first-order valence-electron chi connectivity index (χ1n) is 8.30. The van der Waals surface area contributed by atoms with E-state index >= 15 is 0 Å². The molecule has 1 N–H and O–H groups in total. The Bertz CT molecular complexity index is 781. The second kappa shape index (κ2) is 8.06. The van der Waals surface area contributed by atoms with Crippen LogP contribution in [-0.2, 0) is 22.4 Å². The van der Waals surface area contributed by atoms with Gasteiger partial charge in [0.25, 0.3) is 0 Å². The van der Waals surface area contributed by atoms with Crippen molar-refractivity contribution >= 4 is 40.0 Å². The first-order valence-corrected chi connectivity index (χ1v) is 10.1. The van der Waals surface area contributed by atoms with E-state index in [4.69, 9.17) is 4.74 Å². The molecular weight excluding hydrogens is 354 g/mol. The van der Waals surface area contributed by atoms with Crippen LogP contribution in [0.4, 0.5) is 5.00 Å². The zero-order valence-electron chi connectivity index (χ0n) is 14.4. The van der Waals surface area contributed by atoms with Gasteiger partial charge in [-0.25, -0.2) is 4.79 Å². The molecule has 132 valence electrons. The lowest BCUT2D eigenvalue weighted by atomic mass is 9.95. The van der Waals surface area contributed by atoms with E-state index in [0.717, 1.165) is 36.1 Å². The van der Waals surface area contributed by atoms with Gasteiger partial charge < -0.3 is 10.1 Å². The highest BCUT2D eigenvalue weighted by atomic mass is 32.2. The van der Waals surface area contributed by atoms with Crippen molar-refractivity contribution in [3.8, 4) is 0 Å². The maximum Gasteiger partial charge on any atom is 0.341 e. The summed E-state index contributed by atoms with van der Waals surface area (Å²) >= 11 is 3.00. The predicted molar refractivity (Wildman–Crippen MR) is 103 cm³/mol. The summed E-state index contributed by atoms with van der Waals surface area (Å²) in [7, 11) is 1.38. The van der Waals surface area contributed by atoms with E-state index in [-0.39, 0.29) is 11.9 Å². The van der Waals surface area contributed by atoms with E-state index in [1.807, 2.05) is 31.2 Å². The van der Waals surface area contributed by atoms with Gasteiger partial charge in [-0.3, -0.25) is 4.79 Å². The summed E-state index contributed by atoms with van der Waals surface area (Å²) in [6.45, 7) is 2.04. The Morgan fingerprint density at radius 2 is 1.92 bits per heavy atom. The number of thioether (sulfide) groups is 1. The number of ether oxygens (including phenoxy) is 1. The lowest BCUT2D eigenvalue weighted by Gasteiger charge is -2.11. The molecule has 1 heterocycles. The third kappa shape index (κ3) is 4.25. The fourth-order valence-electron chi connectivity index (χ4n) is 2.92. The van der Waals surface area contributed by atoms with Gasteiger partial charge in [-0.2, -0.15) is 0 Å². The average molecular weight is 376 g/mol. The smallest absolute Gasteiger partial charge is 0.341 e. The number of nitrogens with one attached hydrogen (secondary N) is 1. The van der Waals surface area contributed by atoms with Crippen LogP contribution in [0, 0.1) is 6.92 Å². The van der Waals surface area contributed by atoms with Gasteiger partial charge >= 0.3 is 5.97 Å². The van der Waals surface area contributed by atoms with Crippen molar-refractivity contribution in [3.05, 3.63) is 45.8 Å². The number of rotatable bonds is 5. The Balaban J connectivity index is 1.71. The van der Waals surface area contributed by atoms with Gasteiger partial charge in [0.15, 0.2) is 0 Å². The van der Waals surface area contributed by atoms with Crippen molar-refractivity contribution in [1.29, 1.82) is 0 Å². The zero-order valence-corrected chi connectivity index (χ0v) is 16.0. The molecule has 0 bridgehead atoms. The summed E-state index contributed by atoms with van der Waals surface area (Å²) in [5, 5.41) is 3.56. The van der Waals surface area contributed by atoms with Crippen LogP contribution in [0.25, 0.3) is 0 Å². The number of anilines is 1. The van der Waals surface area contributed by atoms with Crippen molar-refractivity contribution in [3.63, 3.8) is 0 Å². The number of benzene rings is 1. The summed E-state index contributed by atoms with van der Waals surface area (Å²) in [6, 6.07) is 8.08. The third-order valence-electron chi connectivity index (χ3n) is 4.20. The van der Waals surface area contributed by atoms with Gasteiger partial charge in [0.05, 0.1) is 18.4 Å². The summed E-state index contributed by atoms with van der Waals surface area (Å²) in [5.74, 6) is -0.151. The number of fused-ring (bicyclic) bond motifs is 1. The average Bonchev–Trinajstić information content (AvgIpc) is 2.98. The number of thiophene rings is 1. The Hall–Kier alpha value is -1.79. The van der Waals surface area contributed by atoms with E-state index in [1.54, 1.807) is 0 Å². The minimum atomic E-state index is -0.360. The molecule has 0 spiro atoms. The lowest BCUT2D eigenvalue weighted by molar-refractivity contribution is -0.113. The van der Waals surface area contributed by atoms with Gasteiger partial charge in [-0.15, -0.1) is 23.1 Å². The third-order valence-corrected chi connectivity index (χ3v) is 6.42. The lowest BCUT2D eigenvalue weighted by Crippen LogP contribution is -2.16. The molecule has 6 heteroatoms. The molecule has 0 radical (unpaired) electrons. The van der Waals surface area contributed by atoms with E-state index < -0.39 is 0 Å². The molecule has 4 nitrogen and oxygen atoms in total. The van der Waals surface area contributed by atoms with Gasteiger partial charge in [-0.05, 0) is 50.3 Å². The Labute approximate surface area is 156 Å². The Morgan fingerprint density at radius 1 is 1.20 bits per heavy atom. The van der Waals surface area contributed by atoms with Crippen LogP contribution in [0.5, 0.6) is 0 Å². The van der Waals surface area contributed by atoms with E-state index in [9.17, 15) is 9.59 Å².